The van der Waals surface area contributed by atoms with Crippen molar-refractivity contribution >= 4 is 61.8 Å². The first-order valence-electron chi connectivity index (χ1n) is 10.7. The number of rotatable bonds is 7. The van der Waals surface area contributed by atoms with E-state index in [4.69, 9.17) is 4.99 Å². The fourth-order valence-electron chi connectivity index (χ4n) is 3.49. The molecule has 2 aromatic carbocycles. The summed E-state index contributed by atoms with van der Waals surface area (Å²) in [4.78, 5) is 24.5. The van der Waals surface area contributed by atoms with Crippen LogP contribution in [0.5, 0.6) is 0 Å². The lowest BCUT2D eigenvalue weighted by Gasteiger charge is -2.28. The minimum absolute atomic E-state index is 0.179. The van der Waals surface area contributed by atoms with E-state index < -0.39 is 0 Å². The summed E-state index contributed by atoms with van der Waals surface area (Å²) < 4.78 is 2.30. The number of carbonyl (C=O) groups is 1. The van der Waals surface area contributed by atoms with Gasteiger partial charge in [0.25, 0.3) is 0 Å². The number of benzene rings is 2. The van der Waals surface area contributed by atoms with Crippen LogP contribution in [0.2, 0.25) is 0 Å². The van der Waals surface area contributed by atoms with Crippen LogP contribution < -0.4 is 0 Å². The second kappa shape index (κ2) is 10.7. The number of thiazole rings is 1. The van der Waals surface area contributed by atoms with Gasteiger partial charge >= 0.3 is 0 Å². The molecular weight excluding hydrogens is 442 g/mol. The third kappa shape index (κ3) is 5.70. The molecular formula is C24H27N3OS3. The van der Waals surface area contributed by atoms with Crippen LogP contribution in [-0.2, 0) is 4.79 Å². The van der Waals surface area contributed by atoms with Crippen LogP contribution in [0.25, 0.3) is 10.2 Å². The van der Waals surface area contributed by atoms with Gasteiger partial charge in [0.05, 0.1) is 15.9 Å². The molecule has 1 saturated heterocycles. The van der Waals surface area contributed by atoms with Crippen molar-refractivity contribution in [3.05, 3.63) is 54.1 Å². The summed E-state index contributed by atoms with van der Waals surface area (Å²) in [5.74, 6) is 2.49. The third-order valence-electron chi connectivity index (χ3n) is 5.10. The van der Waals surface area contributed by atoms with Gasteiger partial charge < -0.3 is 0 Å². The smallest absolute Gasteiger partial charge is 0.228 e. The summed E-state index contributed by atoms with van der Waals surface area (Å²) in [6, 6.07) is 16.5. The molecule has 0 aliphatic carbocycles. The predicted molar refractivity (Wildman–Crippen MR) is 136 cm³/mol. The van der Waals surface area contributed by atoms with Gasteiger partial charge in [-0.15, -0.1) is 11.3 Å². The van der Waals surface area contributed by atoms with Crippen molar-refractivity contribution in [1.29, 1.82) is 0 Å². The lowest BCUT2D eigenvalue weighted by Crippen LogP contribution is -2.39. The number of hydrogen-bond donors (Lipinski definition) is 0. The van der Waals surface area contributed by atoms with Crippen LogP contribution in [0.15, 0.2) is 57.9 Å². The van der Waals surface area contributed by atoms with Gasteiger partial charge in [0.1, 0.15) is 0 Å². The average Bonchev–Trinajstić information content (AvgIpc) is 3.20. The van der Waals surface area contributed by atoms with Crippen molar-refractivity contribution in [2.75, 3.05) is 18.1 Å². The molecule has 1 fully saturated rings. The second-order valence-electron chi connectivity index (χ2n) is 7.75. The molecule has 0 atom stereocenters. The summed E-state index contributed by atoms with van der Waals surface area (Å²) in [5.41, 5.74) is 3.26. The number of carbonyl (C=O) groups excluding carboxylic acids is 1. The van der Waals surface area contributed by atoms with Crippen LogP contribution >= 0.6 is 34.9 Å². The third-order valence-corrected chi connectivity index (χ3v) is 8.43. The summed E-state index contributed by atoms with van der Waals surface area (Å²) in [6.45, 7) is 5.12. The van der Waals surface area contributed by atoms with E-state index >= 15 is 0 Å². The number of fused-ring (bicyclic) bond motifs is 1. The Morgan fingerprint density at radius 2 is 2.00 bits per heavy atom. The molecule has 0 bridgehead atoms. The molecule has 4 nitrogen and oxygen atoms in total. The Morgan fingerprint density at radius 3 is 2.84 bits per heavy atom. The molecule has 0 unspecified atom stereocenters. The molecule has 1 amide bonds. The topological polar surface area (TPSA) is 45.6 Å². The number of nitrogens with zero attached hydrogens (tertiary/aromatic N) is 3. The van der Waals surface area contributed by atoms with E-state index in [1.165, 1.54) is 10.3 Å². The zero-order chi connectivity index (χ0) is 21.6. The quantitative estimate of drug-likeness (QED) is 0.278. The van der Waals surface area contributed by atoms with Crippen LogP contribution in [-0.4, -0.2) is 39.0 Å². The fourth-order valence-corrected chi connectivity index (χ4v) is 6.54. The van der Waals surface area contributed by atoms with Gasteiger partial charge in [0.15, 0.2) is 9.51 Å². The highest BCUT2D eigenvalue weighted by Gasteiger charge is 2.23. The van der Waals surface area contributed by atoms with E-state index in [2.05, 4.69) is 43.1 Å². The largest absolute Gasteiger partial charge is 0.291 e. The van der Waals surface area contributed by atoms with Gasteiger partial charge in [-0.3, -0.25) is 9.69 Å². The molecule has 1 aliphatic heterocycles. The number of amidine groups is 1. The summed E-state index contributed by atoms with van der Waals surface area (Å²) in [5, 5.41) is 0.850. The van der Waals surface area contributed by atoms with E-state index in [1.54, 1.807) is 34.9 Å². The van der Waals surface area contributed by atoms with Crippen LogP contribution in [0.4, 0.5) is 5.69 Å². The van der Waals surface area contributed by atoms with Gasteiger partial charge in [0, 0.05) is 24.5 Å². The highest BCUT2D eigenvalue weighted by molar-refractivity contribution is 8.13. The first kappa shape index (κ1) is 22.4. The van der Waals surface area contributed by atoms with Gasteiger partial charge in [-0.05, 0) is 42.5 Å². The van der Waals surface area contributed by atoms with Crippen molar-refractivity contribution in [3.8, 4) is 0 Å². The predicted octanol–water partition coefficient (Wildman–Crippen LogP) is 6.95. The molecule has 3 aromatic rings. The van der Waals surface area contributed by atoms with E-state index in [9.17, 15) is 4.79 Å². The highest BCUT2D eigenvalue weighted by atomic mass is 32.2. The molecule has 2 heterocycles. The van der Waals surface area contributed by atoms with Crippen molar-refractivity contribution in [1.82, 2.24) is 9.88 Å². The fraction of sp³-hybridized carbons (Fsp3) is 0.375. The van der Waals surface area contributed by atoms with Crippen molar-refractivity contribution in [3.63, 3.8) is 0 Å². The number of hydrogen-bond acceptors (Lipinski definition) is 6. The number of thioether (sulfide) groups is 2. The van der Waals surface area contributed by atoms with E-state index in [1.807, 2.05) is 29.2 Å². The van der Waals surface area contributed by atoms with E-state index in [0.29, 0.717) is 12.3 Å². The Bertz CT molecular complexity index is 1040. The summed E-state index contributed by atoms with van der Waals surface area (Å²) >= 11 is 5.16. The first-order valence-corrected chi connectivity index (χ1v) is 13.5. The maximum absolute atomic E-state index is 13.0. The minimum atomic E-state index is 0.179. The van der Waals surface area contributed by atoms with Gasteiger partial charge in [-0.1, -0.05) is 67.7 Å². The maximum atomic E-state index is 13.0. The first-order chi connectivity index (χ1) is 15.1. The molecule has 162 valence electrons. The standard InChI is InChI=1S/C24H27N3OS3/c1-17(2)18-9-3-4-10-19(18)25-23-27(14-8-16-29-23)22(28)13-7-15-30-24-26-20-11-5-6-12-21(20)31-24/h3-6,9-12,17H,7-8,13-16H2,1-2H3. The molecule has 0 spiro atoms. The Balaban J connectivity index is 1.36. The lowest BCUT2D eigenvalue weighted by molar-refractivity contribution is -0.127. The minimum Gasteiger partial charge on any atom is -0.291 e. The number of para-hydroxylation sites is 2. The van der Waals surface area contributed by atoms with Gasteiger partial charge in [0.2, 0.25) is 5.91 Å². The number of amides is 1. The second-order valence-corrected chi connectivity index (χ2v) is 11.2. The van der Waals surface area contributed by atoms with Crippen LogP contribution in [0.1, 0.15) is 44.6 Å². The van der Waals surface area contributed by atoms with Crippen LogP contribution in [0, 0.1) is 0 Å². The molecule has 4 rings (SSSR count). The highest BCUT2D eigenvalue weighted by Crippen LogP contribution is 2.31. The molecule has 1 aromatic heterocycles. The molecule has 7 heteroatoms. The Morgan fingerprint density at radius 1 is 1.19 bits per heavy atom. The molecule has 0 saturated carbocycles. The Kier molecular flexibility index (Phi) is 7.69. The zero-order valence-corrected chi connectivity index (χ0v) is 20.4. The Labute approximate surface area is 196 Å². The summed E-state index contributed by atoms with van der Waals surface area (Å²) in [7, 11) is 0. The van der Waals surface area contributed by atoms with Crippen molar-refractivity contribution < 1.29 is 4.79 Å². The zero-order valence-electron chi connectivity index (χ0n) is 17.9. The number of aliphatic imine (C=N–C) groups is 1. The van der Waals surface area contributed by atoms with Crippen LogP contribution in [0.3, 0.4) is 0 Å². The number of aromatic nitrogens is 1. The molecule has 0 radical (unpaired) electrons. The SMILES string of the molecule is CC(C)c1ccccc1N=C1SCCCN1C(=O)CCCSc1nc2ccccc2s1. The van der Waals surface area contributed by atoms with E-state index in [0.717, 1.165) is 51.6 Å². The van der Waals surface area contributed by atoms with Gasteiger partial charge in [-0.2, -0.15) is 0 Å². The average molecular weight is 470 g/mol. The molecule has 31 heavy (non-hydrogen) atoms. The maximum Gasteiger partial charge on any atom is 0.228 e. The Hall–Kier alpha value is -1.83. The lowest BCUT2D eigenvalue weighted by atomic mass is 10.0. The van der Waals surface area contributed by atoms with Crippen molar-refractivity contribution in [2.45, 2.75) is 43.4 Å². The normalized spacial score (nSPS) is 15.8. The molecule has 1 aliphatic rings. The monoisotopic (exact) mass is 469 g/mol. The van der Waals surface area contributed by atoms with Crippen molar-refractivity contribution in [2.24, 2.45) is 4.99 Å². The summed E-state index contributed by atoms with van der Waals surface area (Å²) in [6.07, 6.45) is 2.40. The molecule has 0 N–H and O–H groups in total. The van der Waals surface area contributed by atoms with E-state index in [-0.39, 0.29) is 5.91 Å². The van der Waals surface area contributed by atoms with Gasteiger partial charge in [-0.25, -0.2) is 9.98 Å².